The van der Waals surface area contributed by atoms with E-state index in [2.05, 4.69) is 11.9 Å². The summed E-state index contributed by atoms with van der Waals surface area (Å²) in [4.78, 5) is 26.6. The van der Waals surface area contributed by atoms with Crippen molar-refractivity contribution in [2.24, 2.45) is 0 Å². The van der Waals surface area contributed by atoms with Gasteiger partial charge < -0.3 is 19.7 Å². The average molecular weight is 484 g/mol. The van der Waals surface area contributed by atoms with Gasteiger partial charge >= 0.3 is 11.9 Å². The molecule has 0 saturated heterocycles. The molecule has 0 bridgehead atoms. The zero-order valence-electron chi connectivity index (χ0n) is 20.6. The zero-order valence-corrected chi connectivity index (χ0v) is 20.6. The molecule has 7 heteroatoms. The molecule has 35 heavy (non-hydrogen) atoms. The first kappa shape index (κ1) is 27.9. The smallest absolute Gasteiger partial charge is 0.335 e. The fraction of sp³-hybridized carbons (Fsp3) is 0.464. The highest BCUT2D eigenvalue weighted by Gasteiger charge is 2.08. The van der Waals surface area contributed by atoms with Crippen LogP contribution in [0.5, 0.6) is 11.5 Å². The van der Waals surface area contributed by atoms with Crippen molar-refractivity contribution in [3.63, 3.8) is 0 Å². The van der Waals surface area contributed by atoms with Crippen LogP contribution >= 0.6 is 0 Å². The highest BCUT2D eigenvalue weighted by Crippen LogP contribution is 2.21. The summed E-state index contributed by atoms with van der Waals surface area (Å²) in [7, 11) is 0. The SMILES string of the molecule is CCCCCCCCCCCCOc1ccc(COc2cccc(C(=O)O)c2)nc1C=CC(=O)O. The molecule has 0 spiro atoms. The van der Waals surface area contributed by atoms with Crippen molar-refractivity contribution in [2.45, 2.75) is 77.7 Å². The number of aromatic nitrogens is 1. The van der Waals surface area contributed by atoms with Gasteiger partial charge in [0.1, 0.15) is 23.8 Å². The summed E-state index contributed by atoms with van der Waals surface area (Å²) in [6, 6.07) is 9.73. The molecule has 0 atom stereocenters. The molecule has 0 aliphatic heterocycles. The normalized spacial score (nSPS) is 11.0. The van der Waals surface area contributed by atoms with Crippen LogP contribution in [-0.2, 0) is 11.4 Å². The molecule has 7 nitrogen and oxygen atoms in total. The van der Waals surface area contributed by atoms with E-state index >= 15 is 0 Å². The van der Waals surface area contributed by atoms with E-state index in [0.29, 0.717) is 29.5 Å². The Bertz CT molecular complexity index is 956. The summed E-state index contributed by atoms with van der Waals surface area (Å²) in [5, 5.41) is 18.1. The molecular weight excluding hydrogens is 446 g/mol. The number of aromatic carboxylic acids is 1. The van der Waals surface area contributed by atoms with Crippen molar-refractivity contribution in [1.29, 1.82) is 0 Å². The van der Waals surface area contributed by atoms with Gasteiger partial charge in [-0.1, -0.05) is 70.8 Å². The van der Waals surface area contributed by atoms with Crippen molar-refractivity contribution in [3.05, 3.63) is 59.4 Å². The number of aliphatic carboxylic acids is 1. The molecule has 0 aliphatic carbocycles. The zero-order chi connectivity index (χ0) is 25.3. The minimum atomic E-state index is -1.07. The average Bonchev–Trinajstić information content (AvgIpc) is 2.85. The van der Waals surface area contributed by atoms with E-state index in [-0.39, 0.29) is 12.2 Å². The standard InChI is InChI=1S/C28H37NO6/c1-2-3-4-5-6-7-8-9-10-11-19-34-26-17-15-23(29-25(26)16-18-27(30)31)21-35-24-14-12-13-22(20-24)28(32)33/h12-18,20H,2-11,19,21H2,1H3,(H,30,31)(H,32,33). The van der Waals surface area contributed by atoms with E-state index in [1.807, 2.05) is 0 Å². The lowest BCUT2D eigenvalue weighted by atomic mass is 10.1. The molecule has 2 N–H and O–H groups in total. The molecule has 0 amide bonds. The third-order valence-corrected chi connectivity index (χ3v) is 5.55. The summed E-state index contributed by atoms with van der Waals surface area (Å²) < 4.78 is 11.6. The largest absolute Gasteiger partial charge is 0.491 e. The second kappa shape index (κ2) is 16.3. The number of benzene rings is 1. The maximum absolute atomic E-state index is 11.1. The summed E-state index contributed by atoms with van der Waals surface area (Å²) in [6.45, 7) is 2.89. The van der Waals surface area contributed by atoms with Crippen LogP contribution in [0.4, 0.5) is 0 Å². The second-order valence-electron chi connectivity index (χ2n) is 8.51. The molecule has 0 saturated carbocycles. The van der Waals surface area contributed by atoms with E-state index < -0.39 is 11.9 Å². The molecule has 0 radical (unpaired) electrons. The van der Waals surface area contributed by atoms with Gasteiger partial charge in [-0.3, -0.25) is 0 Å². The summed E-state index contributed by atoms with van der Waals surface area (Å²) in [5.41, 5.74) is 1.12. The highest BCUT2D eigenvalue weighted by molar-refractivity contribution is 5.88. The number of nitrogens with zero attached hydrogens (tertiary/aromatic N) is 1. The van der Waals surface area contributed by atoms with Crippen LogP contribution in [0.1, 0.15) is 92.9 Å². The van der Waals surface area contributed by atoms with Crippen molar-refractivity contribution in [2.75, 3.05) is 6.61 Å². The predicted molar refractivity (Wildman–Crippen MR) is 136 cm³/mol. The first-order chi connectivity index (χ1) is 17.0. The third kappa shape index (κ3) is 11.6. The molecule has 2 rings (SSSR count). The van der Waals surface area contributed by atoms with Crippen LogP contribution in [0.25, 0.3) is 6.08 Å². The number of carboxylic acids is 2. The van der Waals surface area contributed by atoms with Gasteiger partial charge in [-0.05, 0) is 42.8 Å². The molecule has 1 heterocycles. The number of carboxylic acid groups (broad SMARTS) is 2. The molecule has 2 aromatic rings. The number of hydrogen-bond donors (Lipinski definition) is 2. The maximum atomic E-state index is 11.1. The van der Waals surface area contributed by atoms with E-state index in [4.69, 9.17) is 19.7 Å². The first-order valence-electron chi connectivity index (χ1n) is 12.5. The Morgan fingerprint density at radius 1 is 0.886 bits per heavy atom. The molecule has 190 valence electrons. The van der Waals surface area contributed by atoms with Gasteiger partial charge in [-0.25, -0.2) is 14.6 Å². The van der Waals surface area contributed by atoms with Gasteiger partial charge in [0.2, 0.25) is 0 Å². The lowest BCUT2D eigenvalue weighted by Crippen LogP contribution is -2.04. The third-order valence-electron chi connectivity index (χ3n) is 5.55. The van der Waals surface area contributed by atoms with Gasteiger partial charge in [0.05, 0.1) is 17.9 Å². The van der Waals surface area contributed by atoms with E-state index in [9.17, 15) is 9.59 Å². The topological polar surface area (TPSA) is 106 Å². The van der Waals surface area contributed by atoms with Crippen molar-refractivity contribution < 1.29 is 29.3 Å². The Morgan fingerprint density at radius 2 is 1.57 bits per heavy atom. The fourth-order valence-corrected chi connectivity index (χ4v) is 3.62. The van der Waals surface area contributed by atoms with Crippen LogP contribution in [-0.4, -0.2) is 33.7 Å². The lowest BCUT2D eigenvalue weighted by molar-refractivity contribution is -0.131. The van der Waals surface area contributed by atoms with Crippen LogP contribution in [0.15, 0.2) is 42.5 Å². The first-order valence-corrected chi connectivity index (χ1v) is 12.5. The van der Waals surface area contributed by atoms with E-state index in [1.165, 1.54) is 69.6 Å². The van der Waals surface area contributed by atoms with E-state index in [1.54, 1.807) is 24.3 Å². The Balaban J connectivity index is 1.83. The number of hydrogen-bond acceptors (Lipinski definition) is 5. The molecule has 0 unspecified atom stereocenters. The Labute approximate surface area is 207 Å². The summed E-state index contributed by atoms with van der Waals surface area (Å²) in [6.07, 6.45) is 14.8. The number of unbranched alkanes of at least 4 members (excludes halogenated alkanes) is 9. The van der Waals surface area contributed by atoms with Crippen molar-refractivity contribution in [1.82, 2.24) is 4.98 Å². The Kier molecular flexibility index (Phi) is 13.0. The number of carbonyl (C=O) groups is 2. The van der Waals surface area contributed by atoms with Gasteiger partial charge in [0.15, 0.2) is 0 Å². The van der Waals surface area contributed by atoms with Gasteiger partial charge in [0.25, 0.3) is 0 Å². The maximum Gasteiger partial charge on any atom is 0.335 e. The predicted octanol–water partition coefficient (Wildman–Crippen LogP) is 6.76. The molecule has 1 aromatic heterocycles. The number of pyridine rings is 1. The van der Waals surface area contributed by atoms with E-state index in [0.717, 1.165) is 18.9 Å². The van der Waals surface area contributed by atoms with Gasteiger partial charge in [-0.2, -0.15) is 0 Å². The van der Waals surface area contributed by atoms with Crippen LogP contribution in [0, 0.1) is 0 Å². The quantitative estimate of drug-likeness (QED) is 0.178. The van der Waals surface area contributed by atoms with Crippen molar-refractivity contribution >= 4 is 18.0 Å². The summed E-state index contributed by atoms with van der Waals surface area (Å²) in [5.74, 6) is -1.16. The molecule has 0 fully saturated rings. The monoisotopic (exact) mass is 483 g/mol. The Morgan fingerprint density at radius 3 is 2.23 bits per heavy atom. The second-order valence-corrected chi connectivity index (χ2v) is 8.51. The minimum Gasteiger partial charge on any atom is -0.491 e. The van der Waals surface area contributed by atoms with Crippen molar-refractivity contribution in [3.8, 4) is 11.5 Å². The lowest BCUT2D eigenvalue weighted by Gasteiger charge is -2.11. The highest BCUT2D eigenvalue weighted by atomic mass is 16.5. The fourth-order valence-electron chi connectivity index (χ4n) is 3.62. The number of ether oxygens (including phenoxy) is 2. The molecule has 1 aromatic carbocycles. The Hall–Kier alpha value is -3.35. The summed E-state index contributed by atoms with van der Waals surface area (Å²) >= 11 is 0. The van der Waals surface area contributed by atoms with Gasteiger partial charge in [-0.15, -0.1) is 0 Å². The molecule has 0 aliphatic rings. The number of rotatable bonds is 18. The minimum absolute atomic E-state index is 0.107. The van der Waals surface area contributed by atoms with Crippen LogP contribution < -0.4 is 9.47 Å². The molecular formula is C28H37NO6. The van der Waals surface area contributed by atoms with Crippen LogP contribution in [0.3, 0.4) is 0 Å². The van der Waals surface area contributed by atoms with Crippen LogP contribution in [0.2, 0.25) is 0 Å². The van der Waals surface area contributed by atoms with Gasteiger partial charge in [0, 0.05) is 6.08 Å².